The number of carbonyl (C=O) groups is 4. The summed E-state index contributed by atoms with van der Waals surface area (Å²) in [6, 6.07) is 28.9. The molecule has 1 N–H and O–H groups in total. The van der Waals surface area contributed by atoms with Gasteiger partial charge in [-0.3, -0.25) is 29.0 Å². The second-order valence-corrected chi connectivity index (χ2v) is 11.9. The van der Waals surface area contributed by atoms with Crippen molar-refractivity contribution < 1.29 is 24.3 Å². The number of para-hydroxylation sites is 2. The van der Waals surface area contributed by atoms with Crippen LogP contribution in [-0.4, -0.2) is 28.7 Å². The summed E-state index contributed by atoms with van der Waals surface area (Å²) in [5.41, 5.74) is 2.85. The van der Waals surface area contributed by atoms with Crippen molar-refractivity contribution in [3.63, 3.8) is 0 Å². The molecular formula is C36H28N2O5. The molecule has 4 aliphatic rings. The number of benzene rings is 4. The number of hydrogen-bond donors (Lipinski definition) is 1. The third kappa shape index (κ3) is 3.60. The molecule has 3 fully saturated rings. The van der Waals surface area contributed by atoms with Crippen molar-refractivity contribution in [2.75, 3.05) is 9.80 Å². The molecule has 2 heterocycles. The van der Waals surface area contributed by atoms with Crippen molar-refractivity contribution in [3.8, 4) is 5.75 Å². The fraction of sp³-hybridized carbons (Fsp3) is 0.222. The van der Waals surface area contributed by atoms with Crippen LogP contribution in [0.5, 0.6) is 5.75 Å². The normalized spacial score (nSPS) is 28.1. The van der Waals surface area contributed by atoms with Gasteiger partial charge in [-0.15, -0.1) is 0 Å². The van der Waals surface area contributed by atoms with Gasteiger partial charge in [-0.2, -0.15) is 0 Å². The molecule has 6 atom stereocenters. The lowest BCUT2D eigenvalue weighted by atomic mass is 9.57. The van der Waals surface area contributed by atoms with Gasteiger partial charge >= 0.3 is 0 Å². The topological polar surface area (TPSA) is 95.0 Å². The summed E-state index contributed by atoms with van der Waals surface area (Å²) in [7, 11) is 0. The number of fused-ring (bicyclic) bond motifs is 5. The molecule has 4 aromatic rings. The fourth-order valence-electron chi connectivity index (χ4n) is 8.18. The van der Waals surface area contributed by atoms with Crippen LogP contribution in [0, 0.1) is 29.6 Å². The van der Waals surface area contributed by atoms with Crippen molar-refractivity contribution in [2.24, 2.45) is 29.6 Å². The van der Waals surface area contributed by atoms with Crippen molar-refractivity contribution in [2.45, 2.75) is 18.8 Å². The van der Waals surface area contributed by atoms with Gasteiger partial charge in [0.05, 0.1) is 35.0 Å². The van der Waals surface area contributed by atoms with Crippen molar-refractivity contribution in [1.82, 2.24) is 0 Å². The number of amides is 4. The number of anilines is 2. The zero-order valence-electron chi connectivity index (χ0n) is 23.2. The van der Waals surface area contributed by atoms with E-state index in [0.29, 0.717) is 29.6 Å². The lowest BCUT2D eigenvalue weighted by molar-refractivity contribution is -0.126. The van der Waals surface area contributed by atoms with Crippen LogP contribution >= 0.6 is 0 Å². The zero-order valence-corrected chi connectivity index (χ0v) is 23.2. The van der Waals surface area contributed by atoms with Gasteiger partial charge in [-0.05, 0) is 60.0 Å². The van der Waals surface area contributed by atoms with Crippen LogP contribution in [0.25, 0.3) is 10.8 Å². The quantitative estimate of drug-likeness (QED) is 0.257. The Bertz CT molecular complexity index is 1870. The van der Waals surface area contributed by atoms with Gasteiger partial charge in [-0.1, -0.05) is 78.4 Å². The Balaban J connectivity index is 1.30. The molecule has 43 heavy (non-hydrogen) atoms. The number of phenolic OH excluding ortho intramolecular Hbond substituents is 1. The molecule has 212 valence electrons. The summed E-state index contributed by atoms with van der Waals surface area (Å²) >= 11 is 0. The highest BCUT2D eigenvalue weighted by Gasteiger charge is 2.62. The Hall–Kier alpha value is -5.04. The number of allylic oxidation sites excluding steroid dienone is 2. The fourth-order valence-corrected chi connectivity index (χ4v) is 8.18. The van der Waals surface area contributed by atoms with Crippen LogP contribution in [0.2, 0.25) is 0 Å². The van der Waals surface area contributed by atoms with E-state index >= 15 is 0 Å². The SMILES string of the molecule is O=C1[C@H]2[C@H](CC=C3[C@H]2C[C@H]2C(=O)N(c4ccccc4)C(=O)[C@H]2[C@H]3c2ccc(O)c3ccccc23)C(=O)N1c1ccccc1. The van der Waals surface area contributed by atoms with E-state index in [1.807, 2.05) is 42.5 Å². The number of rotatable bonds is 3. The summed E-state index contributed by atoms with van der Waals surface area (Å²) in [6.45, 7) is 0. The van der Waals surface area contributed by atoms with E-state index < -0.39 is 29.6 Å². The third-order valence-electron chi connectivity index (χ3n) is 9.95. The van der Waals surface area contributed by atoms with Gasteiger partial charge in [-0.25, -0.2) is 0 Å². The Kier molecular flexibility index (Phi) is 5.66. The number of nitrogens with zero attached hydrogens (tertiary/aromatic N) is 2. The molecule has 0 bridgehead atoms. The minimum absolute atomic E-state index is 0.135. The van der Waals surface area contributed by atoms with Crippen LogP contribution in [0.3, 0.4) is 0 Å². The molecule has 2 aliphatic heterocycles. The maximum absolute atomic E-state index is 14.3. The standard InChI is InChI=1S/C36H28N2O5/c39-29-18-17-24(22-13-7-8-14-23(22)29)30-25-15-16-26-31(35(42)37(33(26)40)20-9-3-1-4-10-20)27(25)19-28-32(30)36(43)38(34(28)41)21-11-5-2-6-12-21/h1-15,17-18,26-28,30-32,39H,16,19H2/t26-,27+,28+,30-,31-,32+/m0/s1. The molecule has 7 nitrogen and oxygen atoms in total. The van der Waals surface area contributed by atoms with Crippen LogP contribution in [0.15, 0.2) is 109 Å². The first-order valence-electron chi connectivity index (χ1n) is 14.7. The highest BCUT2D eigenvalue weighted by Crippen LogP contribution is 2.59. The Morgan fingerprint density at radius 2 is 1.12 bits per heavy atom. The molecule has 4 aromatic carbocycles. The van der Waals surface area contributed by atoms with E-state index in [0.717, 1.165) is 16.5 Å². The first kappa shape index (κ1) is 25.7. The van der Waals surface area contributed by atoms with E-state index in [1.165, 1.54) is 9.80 Å². The summed E-state index contributed by atoms with van der Waals surface area (Å²) in [6.07, 6.45) is 2.76. The van der Waals surface area contributed by atoms with Gasteiger partial charge < -0.3 is 5.11 Å². The summed E-state index contributed by atoms with van der Waals surface area (Å²) < 4.78 is 0. The zero-order chi connectivity index (χ0) is 29.4. The smallest absolute Gasteiger partial charge is 0.238 e. The number of imide groups is 2. The lowest BCUT2D eigenvalue weighted by Gasteiger charge is -2.44. The summed E-state index contributed by atoms with van der Waals surface area (Å²) in [5.74, 6) is -4.19. The molecule has 0 aromatic heterocycles. The van der Waals surface area contributed by atoms with Gasteiger partial charge in [0.25, 0.3) is 0 Å². The molecule has 4 amide bonds. The molecule has 2 saturated heterocycles. The highest BCUT2D eigenvalue weighted by molar-refractivity contribution is 6.24. The summed E-state index contributed by atoms with van der Waals surface area (Å²) in [4.78, 5) is 58.8. The lowest BCUT2D eigenvalue weighted by Crippen LogP contribution is -2.43. The summed E-state index contributed by atoms with van der Waals surface area (Å²) in [5, 5.41) is 12.1. The molecule has 0 radical (unpaired) electrons. The van der Waals surface area contributed by atoms with E-state index in [1.54, 1.807) is 54.6 Å². The van der Waals surface area contributed by atoms with Gasteiger partial charge in [0.15, 0.2) is 0 Å². The first-order chi connectivity index (χ1) is 21.0. The molecular weight excluding hydrogens is 540 g/mol. The van der Waals surface area contributed by atoms with E-state index in [-0.39, 0.29) is 35.3 Å². The molecule has 2 aliphatic carbocycles. The van der Waals surface area contributed by atoms with E-state index in [4.69, 9.17) is 0 Å². The molecule has 0 unspecified atom stereocenters. The number of hydrogen-bond acceptors (Lipinski definition) is 5. The van der Waals surface area contributed by atoms with Gasteiger partial charge in [0, 0.05) is 11.3 Å². The average molecular weight is 569 g/mol. The molecule has 1 saturated carbocycles. The number of carbonyl (C=O) groups excluding carboxylic acids is 4. The second kappa shape index (κ2) is 9.49. The Morgan fingerprint density at radius 1 is 0.558 bits per heavy atom. The molecule has 8 rings (SSSR count). The largest absolute Gasteiger partial charge is 0.507 e. The minimum Gasteiger partial charge on any atom is -0.507 e. The Morgan fingerprint density at radius 3 is 1.77 bits per heavy atom. The monoisotopic (exact) mass is 568 g/mol. The number of phenols is 1. The number of aromatic hydroxyl groups is 1. The van der Waals surface area contributed by atoms with E-state index in [9.17, 15) is 24.3 Å². The highest BCUT2D eigenvalue weighted by atomic mass is 16.3. The van der Waals surface area contributed by atoms with Gasteiger partial charge in [0.2, 0.25) is 23.6 Å². The third-order valence-corrected chi connectivity index (χ3v) is 9.95. The first-order valence-corrected chi connectivity index (χ1v) is 14.7. The van der Waals surface area contributed by atoms with Crippen LogP contribution in [-0.2, 0) is 19.2 Å². The van der Waals surface area contributed by atoms with E-state index in [2.05, 4.69) is 6.08 Å². The Labute approximate surface area is 248 Å². The maximum atomic E-state index is 14.3. The molecule has 7 heteroatoms. The van der Waals surface area contributed by atoms with Crippen molar-refractivity contribution in [1.29, 1.82) is 0 Å². The maximum Gasteiger partial charge on any atom is 0.238 e. The predicted molar refractivity (Wildman–Crippen MR) is 161 cm³/mol. The second-order valence-electron chi connectivity index (χ2n) is 11.9. The predicted octanol–water partition coefficient (Wildman–Crippen LogP) is 5.59. The van der Waals surface area contributed by atoms with Crippen LogP contribution in [0.4, 0.5) is 11.4 Å². The van der Waals surface area contributed by atoms with Crippen molar-refractivity contribution in [3.05, 3.63) is 114 Å². The molecule has 0 spiro atoms. The van der Waals surface area contributed by atoms with Gasteiger partial charge in [0.1, 0.15) is 5.75 Å². The minimum atomic E-state index is -0.669. The average Bonchev–Trinajstić information content (AvgIpc) is 3.45. The van der Waals surface area contributed by atoms with Crippen molar-refractivity contribution >= 4 is 45.8 Å². The van der Waals surface area contributed by atoms with Crippen LogP contribution in [0.1, 0.15) is 24.3 Å². The van der Waals surface area contributed by atoms with Crippen LogP contribution < -0.4 is 9.80 Å².